The Morgan fingerprint density at radius 2 is 1.86 bits per heavy atom. The van der Waals surface area contributed by atoms with Crippen LogP contribution in [0, 0.1) is 19.7 Å². The first-order chi connectivity index (χ1) is 17.5. The zero-order valence-electron chi connectivity index (χ0n) is 19.3. The molecular weight excluding hydrogens is 532 g/mol. The van der Waals surface area contributed by atoms with E-state index in [1.54, 1.807) is 48.2 Å². The molecule has 0 atom stereocenters. The fraction of sp³-hybridized carbons (Fsp3) is 0.167. The Balaban J connectivity index is 1.51. The molecule has 0 aliphatic heterocycles. The average Bonchev–Trinajstić information content (AvgIpc) is 3.55. The zero-order chi connectivity index (χ0) is 26.5. The molecule has 0 aliphatic rings. The van der Waals surface area contributed by atoms with E-state index in [0.717, 1.165) is 11.6 Å². The number of hydrogen-bond acceptors (Lipinski definition) is 5. The molecule has 190 valence electrons. The summed E-state index contributed by atoms with van der Waals surface area (Å²) >= 11 is 7.58. The predicted molar refractivity (Wildman–Crippen MR) is 131 cm³/mol. The Morgan fingerprint density at radius 1 is 1.14 bits per heavy atom. The van der Waals surface area contributed by atoms with Crippen molar-refractivity contribution in [3.8, 4) is 10.6 Å². The molecule has 0 spiro atoms. The van der Waals surface area contributed by atoms with Crippen LogP contribution in [0.3, 0.4) is 0 Å². The van der Waals surface area contributed by atoms with Gasteiger partial charge in [0.15, 0.2) is 17.0 Å². The maximum atomic E-state index is 13.9. The van der Waals surface area contributed by atoms with Crippen LogP contribution in [0.15, 0.2) is 47.8 Å². The average molecular weight is 549 g/mol. The van der Waals surface area contributed by atoms with E-state index in [9.17, 15) is 22.4 Å². The lowest BCUT2D eigenvalue weighted by Gasteiger charge is -2.10. The van der Waals surface area contributed by atoms with Gasteiger partial charge in [0.05, 0.1) is 34.2 Å². The minimum Gasteiger partial charge on any atom is -0.317 e. The van der Waals surface area contributed by atoms with Gasteiger partial charge in [-0.05, 0) is 49.1 Å². The Labute approximate surface area is 216 Å². The minimum atomic E-state index is -4.77. The number of nitrogens with zero attached hydrogens (tertiary/aromatic N) is 5. The molecule has 0 bridgehead atoms. The molecule has 4 aromatic heterocycles. The second-order valence-corrected chi connectivity index (χ2v) is 9.51. The highest BCUT2D eigenvalue weighted by Crippen LogP contribution is 2.35. The van der Waals surface area contributed by atoms with Gasteiger partial charge in [0.2, 0.25) is 0 Å². The van der Waals surface area contributed by atoms with E-state index in [1.807, 2.05) is 0 Å². The Kier molecular flexibility index (Phi) is 6.24. The number of rotatable bonds is 5. The molecule has 4 heterocycles. The Bertz CT molecular complexity index is 1620. The van der Waals surface area contributed by atoms with Gasteiger partial charge in [0.25, 0.3) is 5.91 Å². The first-order valence-corrected chi connectivity index (χ1v) is 12.1. The van der Waals surface area contributed by atoms with Gasteiger partial charge < -0.3 is 5.32 Å². The standard InChI is InChI=1S/C24H17ClF4N6OS/c1-12-20(13(2)34(32-12)11-14-5-7-15(26)8-6-14)31-23(36)21-19(25)22-30-16(17-4-3-9-37-17)10-18(24(27,28)29)35(22)33-21/h3-10H,11H2,1-2H3,(H,31,36). The lowest BCUT2D eigenvalue weighted by Crippen LogP contribution is -2.16. The molecule has 0 saturated carbocycles. The SMILES string of the molecule is Cc1nn(Cc2ccc(F)cc2)c(C)c1NC(=O)c1nn2c(C(F)(F)F)cc(-c3cccs3)nc2c1Cl. The molecule has 37 heavy (non-hydrogen) atoms. The summed E-state index contributed by atoms with van der Waals surface area (Å²) in [6, 6.07) is 10.1. The van der Waals surface area contributed by atoms with Crippen molar-refractivity contribution in [2.45, 2.75) is 26.6 Å². The molecule has 1 N–H and O–H groups in total. The van der Waals surface area contributed by atoms with E-state index >= 15 is 0 Å². The second kappa shape index (κ2) is 9.27. The number of carbonyl (C=O) groups excluding carboxylic acids is 1. The number of carbonyl (C=O) groups is 1. The number of amides is 1. The van der Waals surface area contributed by atoms with Gasteiger partial charge in [-0.25, -0.2) is 13.9 Å². The van der Waals surface area contributed by atoms with Gasteiger partial charge in [-0.2, -0.15) is 23.4 Å². The lowest BCUT2D eigenvalue weighted by atomic mass is 10.2. The smallest absolute Gasteiger partial charge is 0.317 e. The van der Waals surface area contributed by atoms with Crippen LogP contribution in [0.25, 0.3) is 16.2 Å². The third-order valence-corrected chi connectivity index (χ3v) is 6.92. The topological polar surface area (TPSA) is 77.1 Å². The lowest BCUT2D eigenvalue weighted by molar-refractivity contribution is -0.142. The monoisotopic (exact) mass is 548 g/mol. The first-order valence-electron chi connectivity index (χ1n) is 10.8. The number of benzene rings is 1. The predicted octanol–water partition coefficient (Wildman–Crippen LogP) is 6.38. The summed E-state index contributed by atoms with van der Waals surface area (Å²) in [6.07, 6.45) is -4.77. The van der Waals surface area contributed by atoms with Gasteiger partial charge in [0, 0.05) is 0 Å². The molecule has 1 aromatic carbocycles. The third-order valence-electron chi connectivity index (χ3n) is 5.68. The van der Waals surface area contributed by atoms with Crippen molar-refractivity contribution < 1.29 is 22.4 Å². The summed E-state index contributed by atoms with van der Waals surface area (Å²) < 4.78 is 57.0. The fourth-order valence-electron chi connectivity index (χ4n) is 3.86. The van der Waals surface area contributed by atoms with Crippen LogP contribution < -0.4 is 5.32 Å². The van der Waals surface area contributed by atoms with Crippen LogP contribution in [-0.4, -0.2) is 30.3 Å². The van der Waals surface area contributed by atoms with Crippen molar-refractivity contribution >= 4 is 40.2 Å². The maximum Gasteiger partial charge on any atom is 0.433 e. The minimum absolute atomic E-state index is 0.0670. The molecule has 0 fully saturated rings. The summed E-state index contributed by atoms with van der Waals surface area (Å²) in [4.78, 5) is 17.9. The van der Waals surface area contributed by atoms with Crippen LogP contribution in [0.2, 0.25) is 5.02 Å². The summed E-state index contributed by atoms with van der Waals surface area (Å²) in [5.74, 6) is -1.17. The second-order valence-electron chi connectivity index (χ2n) is 8.18. The number of nitrogens with one attached hydrogen (secondary N) is 1. The van der Waals surface area contributed by atoms with Gasteiger partial charge in [0.1, 0.15) is 10.8 Å². The molecule has 13 heteroatoms. The van der Waals surface area contributed by atoms with Crippen molar-refractivity contribution in [3.63, 3.8) is 0 Å². The molecule has 7 nitrogen and oxygen atoms in total. The number of fused-ring (bicyclic) bond motifs is 1. The molecule has 0 unspecified atom stereocenters. The molecule has 0 radical (unpaired) electrons. The number of aromatic nitrogens is 5. The van der Waals surface area contributed by atoms with E-state index < -0.39 is 23.5 Å². The molecule has 5 aromatic rings. The summed E-state index contributed by atoms with van der Waals surface area (Å²) in [5.41, 5.74) is 0.479. The Hall–Kier alpha value is -3.77. The van der Waals surface area contributed by atoms with Crippen molar-refractivity contribution in [1.82, 2.24) is 24.4 Å². The highest BCUT2D eigenvalue weighted by Gasteiger charge is 2.37. The number of anilines is 1. The number of hydrogen-bond donors (Lipinski definition) is 1. The molecule has 0 aliphatic carbocycles. The highest BCUT2D eigenvalue weighted by molar-refractivity contribution is 7.13. The summed E-state index contributed by atoms with van der Waals surface area (Å²) in [6.45, 7) is 3.72. The quantitative estimate of drug-likeness (QED) is 0.258. The number of thiophene rings is 1. The van der Waals surface area contributed by atoms with E-state index in [-0.39, 0.29) is 22.2 Å². The third kappa shape index (κ3) is 4.69. The van der Waals surface area contributed by atoms with Gasteiger partial charge in [-0.15, -0.1) is 11.3 Å². The van der Waals surface area contributed by atoms with Crippen LogP contribution in [0.4, 0.5) is 23.2 Å². The van der Waals surface area contributed by atoms with Crippen molar-refractivity contribution in [1.29, 1.82) is 0 Å². The number of alkyl halides is 3. The normalized spacial score (nSPS) is 11.9. The van der Waals surface area contributed by atoms with Crippen LogP contribution in [0.5, 0.6) is 0 Å². The first kappa shape index (κ1) is 24.9. The van der Waals surface area contributed by atoms with Gasteiger partial charge >= 0.3 is 6.18 Å². The van der Waals surface area contributed by atoms with E-state index in [2.05, 4.69) is 20.5 Å². The van der Waals surface area contributed by atoms with Crippen molar-refractivity contribution in [3.05, 3.63) is 87.0 Å². The summed E-state index contributed by atoms with van der Waals surface area (Å²) in [5, 5.41) is 12.4. The molecule has 1 amide bonds. The molecular formula is C24H17ClF4N6OS. The number of halogens is 5. The summed E-state index contributed by atoms with van der Waals surface area (Å²) in [7, 11) is 0. The molecule has 5 rings (SSSR count). The van der Waals surface area contributed by atoms with Gasteiger partial charge in [-0.3, -0.25) is 9.48 Å². The number of aryl methyl sites for hydroxylation is 1. The largest absolute Gasteiger partial charge is 0.433 e. The van der Waals surface area contributed by atoms with Crippen molar-refractivity contribution in [2.75, 3.05) is 5.32 Å². The van der Waals surface area contributed by atoms with E-state index in [0.29, 0.717) is 33.0 Å². The van der Waals surface area contributed by atoms with E-state index in [4.69, 9.17) is 11.6 Å². The van der Waals surface area contributed by atoms with Gasteiger partial charge in [-0.1, -0.05) is 29.8 Å². The maximum absolute atomic E-state index is 13.9. The molecule has 0 saturated heterocycles. The van der Waals surface area contributed by atoms with Crippen molar-refractivity contribution in [2.24, 2.45) is 0 Å². The van der Waals surface area contributed by atoms with Crippen LogP contribution >= 0.6 is 22.9 Å². The Morgan fingerprint density at radius 3 is 2.51 bits per heavy atom. The fourth-order valence-corrected chi connectivity index (χ4v) is 4.79. The van der Waals surface area contributed by atoms with Crippen LogP contribution in [-0.2, 0) is 12.7 Å². The zero-order valence-corrected chi connectivity index (χ0v) is 20.8. The van der Waals surface area contributed by atoms with Crippen LogP contribution in [0.1, 0.15) is 33.1 Å². The van der Waals surface area contributed by atoms with E-state index in [1.165, 1.54) is 23.5 Å². The highest BCUT2D eigenvalue weighted by atomic mass is 35.5.